The fourth-order valence-electron chi connectivity index (χ4n) is 3.83. The SMILES string of the molecule is CCCCCN1C(=O)NC(c2cccc(F)c2)C(c2nc(-c3ccc(Cl)cc3)no2)=C1C. The Balaban J connectivity index is 1.77. The Kier molecular flexibility index (Phi) is 6.55. The van der Waals surface area contributed by atoms with Gasteiger partial charge in [0.25, 0.3) is 5.89 Å². The van der Waals surface area contributed by atoms with Crippen LogP contribution in [0.15, 0.2) is 58.8 Å². The molecule has 2 aromatic carbocycles. The van der Waals surface area contributed by atoms with Crippen LogP contribution in [0.3, 0.4) is 0 Å². The number of rotatable bonds is 7. The highest BCUT2D eigenvalue weighted by Gasteiger charge is 2.35. The van der Waals surface area contributed by atoms with Crippen molar-refractivity contribution in [3.05, 3.63) is 76.5 Å². The number of nitrogens with zero attached hydrogens (tertiary/aromatic N) is 3. The second kappa shape index (κ2) is 9.53. The van der Waals surface area contributed by atoms with E-state index in [2.05, 4.69) is 22.4 Å². The van der Waals surface area contributed by atoms with Crippen molar-refractivity contribution in [3.63, 3.8) is 0 Å². The molecule has 0 bridgehead atoms. The van der Waals surface area contributed by atoms with Crippen LogP contribution in [0.2, 0.25) is 5.02 Å². The van der Waals surface area contributed by atoms with Gasteiger partial charge in [-0.05, 0) is 55.3 Å². The van der Waals surface area contributed by atoms with E-state index in [0.29, 0.717) is 34.2 Å². The topological polar surface area (TPSA) is 71.3 Å². The highest BCUT2D eigenvalue weighted by Crippen LogP contribution is 2.37. The molecule has 3 aromatic rings. The van der Waals surface area contributed by atoms with Crippen molar-refractivity contribution in [2.75, 3.05) is 6.54 Å². The minimum atomic E-state index is -0.612. The summed E-state index contributed by atoms with van der Waals surface area (Å²) in [6.45, 7) is 4.54. The van der Waals surface area contributed by atoms with Crippen molar-refractivity contribution >= 4 is 23.2 Å². The van der Waals surface area contributed by atoms with E-state index in [1.54, 1.807) is 29.2 Å². The van der Waals surface area contributed by atoms with Gasteiger partial charge in [-0.15, -0.1) is 0 Å². The van der Waals surface area contributed by atoms with Gasteiger partial charge >= 0.3 is 6.03 Å². The van der Waals surface area contributed by atoms with Gasteiger partial charge < -0.3 is 9.84 Å². The molecular weight excluding hydrogens is 431 g/mol. The van der Waals surface area contributed by atoms with Crippen molar-refractivity contribution in [1.82, 2.24) is 20.4 Å². The van der Waals surface area contributed by atoms with Crippen LogP contribution in [-0.4, -0.2) is 27.6 Å². The molecule has 0 spiro atoms. The van der Waals surface area contributed by atoms with E-state index >= 15 is 0 Å². The van der Waals surface area contributed by atoms with Crippen molar-refractivity contribution in [2.24, 2.45) is 0 Å². The number of halogens is 2. The third-order valence-electron chi connectivity index (χ3n) is 5.52. The lowest BCUT2D eigenvalue weighted by Crippen LogP contribution is -2.46. The molecule has 2 amide bonds. The molecule has 4 rings (SSSR count). The average molecular weight is 455 g/mol. The van der Waals surface area contributed by atoms with E-state index in [4.69, 9.17) is 16.1 Å². The van der Waals surface area contributed by atoms with Crippen LogP contribution in [0.1, 0.15) is 50.6 Å². The molecule has 166 valence electrons. The monoisotopic (exact) mass is 454 g/mol. The van der Waals surface area contributed by atoms with E-state index in [9.17, 15) is 9.18 Å². The van der Waals surface area contributed by atoms with Crippen LogP contribution in [0.5, 0.6) is 0 Å². The largest absolute Gasteiger partial charge is 0.334 e. The number of allylic oxidation sites excluding steroid dienone is 1. The Morgan fingerprint density at radius 2 is 1.97 bits per heavy atom. The van der Waals surface area contributed by atoms with Gasteiger partial charge in [-0.1, -0.05) is 48.7 Å². The number of nitrogens with one attached hydrogen (secondary N) is 1. The van der Waals surface area contributed by atoms with E-state index in [0.717, 1.165) is 24.8 Å². The number of hydrogen-bond acceptors (Lipinski definition) is 4. The first-order valence-electron chi connectivity index (χ1n) is 10.6. The third-order valence-corrected chi connectivity index (χ3v) is 5.77. The molecule has 0 aliphatic carbocycles. The number of amides is 2. The number of carbonyl (C=O) groups is 1. The lowest BCUT2D eigenvalue weighted by molar-refractivity contribution is 0.204. The Morgan fingerprint density at radius 1 is 1.19 bits per heavy atom. The van der Waals surface area contributed by atoms with E-state index in [-0.39, 0.29) is 17.7 Å². The van der Waals surface area contributed by atoms with Gasteiger partial charge in [0.05, 0.1) is 11.6 Å². The molecule has 2 heterocycles. The molecule has 32 heavy (non-hydrogen) atoms. The second-order valence-corrected chi connectivity index (χ2v) is 8.16. The highest BCUT2D eigenvalue weighted by molar-refractivity contribution is 6.30. The van der Waals surface area contributed by atoms with Gasteiger partial charge in [-0.25, -0.2) is 9.18 Å². The lowest BCUT2D eigenvalue weighted by Gasteiger charge is -2.35. The molecule has 6 nitrogen and oxygen atoms in total. The summed E-state index contributed by atoms with van der Waals surface area (Å²) in [6, 6.07) is 12.4. The summed E-state index contributed by atoms with van der Waals surface area (Å²) >= 11 is 5.98. The maximum Gasteiger partial charge on any atom is 0.322 e. The average Bonchev–Trinajstić information content (AvgIpc) is 3.26. The molecule has 1 aliphatic rings. The second-order valence-electron chi connectivity index (χ2n) is 7.73. The molecule has 0 saturated carbocycles. The summed E-state index contributed by atoms with van der Waals surface area (Å²) in [6.07, 6.45) is 2.94. The summed E-state index contributed by atoms with van der Waals surface area (Å²) in [5.41, 5.74) is 2.72. The summed E-state index contributed by atoms with van der Waals surface area (Å²) in [4.78, 5) is 19.2. The van der Waals surface area contributed by atoms with Gasteiger partial charge in [0.1, 0.15) is 5.82 Å². The molecule has 1 aliphatic heterocycles. The minimum Gasteiger partial charge on any atom is -0.334 e. The number of hydrogen-bond donors (Lipinski definition) is 1. The maximum absolute atomic E-state index is 14.0. The number of urea groups is 1. The van der Waals surface area contributed by atoms with Gasteiger partial charge in [0.2, 0.25) is 5.82 Å². The van der Waals surface area contributed by atoms with Crippen molar-refractivity contribution in [1.29, 1.82) is 0 Å². The minimum absolute atomic E-state index is 0.228. The van der Waals surface area contributed by atoms with Gasteiger partial charge in [-0.3, -0.25) is 4.90 Å². The fraction of sp³-hybridized carbons (Fsp3) is 0.292. The first-order valence-corrected chi connectivity index (χ1v) is 11.0. The Morgan fingerprint density at radius 3 is 2.69 bits per heavy atom. The van der Waals surface area contributed by atoms with E-state index < -0.39 is 6.04 Å². The van der Waals surface area contributed by atoms with Crippen LogP contribution >= 0.6 is 11.6 Å². The van der Waals surface area contributed by atoms with Gasteiger partial charge in [0, 0.05) is 22.8 Å². The van der Waals surface area contributed by atoms with Crippen LogP contribution in [0.25, 0.3) is 17.0 Å². The third kappa shape index (κ3) is 4.53. The lowest BCUT2D eigenvalue weighted by atomic mass is 9.94. The first kappa shape index (κ1) is 22.0. The number of aromatic nitrogens is 2. The molecular formula is C24H24ClFN4O2. The normalized spacial score (nSPS) is 16.4. The smallest absolute Gasteiger partial charge is 0.322 e. The summed E-state index contributed by atoms with van der Waals surface area (Å²) in [5, 5.41) is 7.72. The zero-order valence-electron chi connectivity index (χ0n) is 17.9. The summed E-state index contributed by atoms with van der Waals surface area (Å²) < 4.78 is 19.6. The Hall–Kier alpha value is -3.19. The first-order chi connectivity index (χ1) is 15.5. The van der Waals surface area contributed by atoms with Crippen LogP contribution in [0, 0.1) is 5.82 Å². The number of unbranched alkanes of at least 4 members (excludes halogenated alkanes) is 2. The zero-order valence-corrected chi connectivity index (χ0v) is 18.7. The van der Waals surface area contributed by atoms with Crippen LogP contribution < -0.4 is 5.32 Å². The standard InChI is InChI=1S/C24H24ClFN4O2/c1-3-4-5-13-30-15(2)20(21(27-24(30)31)17-7-6-8-19(26)14-17)23-28-22(29-32-23)16-9-11-18(25)12-10-16/h6-12,14,21H,3-5,13H2,1-2H3,(H,27,31). The number of benzene rings is 2. The fourth-order valence-corrected chi connectivity index (χ4v) is 3.96. The predicted molar refractivity (Wildman–Crippen MR) is 121 cm³/mol. The Bertz CT molecular complexity index is 1140. The highest BCUT2D eigenvalue weighted by atomic mass is 35.5. The van der Waals surface area contributed by atoms with Crippen molar-refractivity contribution in [2.45, 2.75) is 39.2 Å². The molecule has 0 fully saturated rings. The molecule has 1 N–H and O–H groups in total. The quantitative estimate of drug-likeness (QED) is 0.430. The van der Waals surface area contributed by atoms with Gasteiger partial charge in [-0.2, -0.15) is 4.98 Å². The zero-order chi connectivity index (χ0) is 22.7. The van der Waals surface area contributed by atoms with E-state index in [1.165, 1.54) is 12.1 Å². The number of carbonyl (C=O) groups excluding carboxylic acids is 1. The van der Waals surface area contributed by atoms with E-state index in [1.807, 2.05) is 19.1 Å². The molecule has 0 radical (unpaired) electrons. The van der Waals surface area contributed by atoms with Crippen LogP contribution in [0.4, 0.5) is 9.18 Å². The summed E-state index contributed by atoms with van der Waals surface area (Å²) in [7, 11) is 0. The predicted octanol–water partition coefficient (Wildman–Crippen LogP) is 6.22. The van der Waals surface area contributed by atoms with Crippen molar-refractivity contribution in [3.8, 4) is 11.4 Å². The summed E-state index contributed by atoms with van der Waals surface area (Å²) in [5.74, 6) is 0.304. The molecule has 1 aromatic heterocycles. The molecule has 1 unspecified atom stereocenters. The van der Waals surface area contributed by atoms with Crippen molar-refractivity contribution < 1.29 is 13.7 Å². The molecule has 0 saturated heterocycles. The Labute approximate surface area is 191 Å². The molecule has 1 atom stereocenters. The van der Waals surface area contributed by atoms with Gasteiger partial charge in [0.15, 0.2) is 0 Å². The maximum atomic E-state index is 14.0. The molecule has 8 heteroatoms. The van der Waals surface area contributed by atoms with Crippen LogP contribution in [-0.2, 0) is 0 Å².